The van der Waals surface area contributed by atoms with Crippen LogP contribution in [0.15, 0.2) is 30.9 Å². The van der Waals surface area contributed by atoms with Crippen molar-refractivity contribution in [2.24, 2.45) is 0 Å². The van der Waals surface area contributed by atoms with Crippen LogP contribution in [0.25, 0.3) is 16.9 Å². The molecule has 3 aromatic rings. The molecule has 2 N–H and O–H groups in total. The Hall–Kier alpha value is -2.63. The van der Waals surface area contributed by atoms with E-state index in [0.717, 1.165) is 41.4 Å². The number of hydrogen-bond donors (Lipinski definition) is 1. The van der Waals surface area contributed by atoms with Gasteiger partial charge in [0.2, 0.25) is 0 Å². The van der Waals surface area contributed by atoms with Crippen molar-refractivity contribution in [2.45, 2.75) is 19.8 Å². The average Bonchev–Trinajstić information content (AvgIpc) is 3.16. The highest BCUT2D eigenvalue weighted by Crippen LogP contribution is 2.28. The number of rotatable bonds is 2. The van der Waals surface area contributed by atoms with Crippen LogP contribution < -0.4 is 10.6 Å². The zero-order valence-corrected chi connectivity index (χ0v) is 12.5. The average molecular weight is 294 g/mol. The van der Waals surface area contributed by atoms with Gasteiger partial charge >= 0.3 is 0 Å². The number of pyridine rings is 1. The first-order valence-electron chi connectivity index (χ1n) is 7.53. The fourth-order valence-corrected chi connectivity index (χ4v) is 3.10. The molecule has 1 aliphatic rings. The standard InChI is InChI=1S/C16H18N6/c1-11-8-14(17)19-9-12(11)13-10-20-16-15(18-4-7-22(13)16)21-5-2-3-6-21/h4,7-10H,2-3,5-6H2,1H3,(H2,17,19). The Morgan fingerprint density at radius 3 is 2.68 bits per heavy atom. The van der Waals surface area contributed by atoms with E-state index < -0.39 is 0 Å². The first-order chi connectivity index (χ1) is 10.7. The molecule has 0 unspecified atom stereocenters. The van der Waals surface area contributed by atoms with Gasteiger partial charge in [0.15, 0.2) is 11.5 Å². The minimum atomic E-state index is 0.537. The van der Waals surface area contributed by atoms with Crippen molar-refractivity contribution in [3.8, 4) is 11.3 Å². The van der Waals surface area contributed by atoms with Crippen LogP contribution in [0.1, 0.15) is 18.4 Å². The molecule has 0 radical (unpaired) electrons. The zero-order chi connectivity index (χ0) is 15.1. The van der Waals surface area contributed by atoms with Crippen LogP contribution in [0.3, 0.4) is 0 Å². The van der Waals surface area contributed by atoms with Crippen molar-refractivity contribution < 1.29 is 0 Å². The van der Waals surface area contributed by atoms with E-state index in [1.165, 1.54) is 12.8 Å². The molecule has 0 bridgehead atoms. The molecule has 6 nitrogen and oxygen atoms in total. The third kappa shape index (κ3) is 1.99. The van der Waals surface area contributed by atoms with Crippen molar-refractivity contribution in [3.63, 3.8) is 0 Å². The van der Waals surface area contributed by atoms with E-state index >= 15 is 0 Å². The van der Waals surface area contributed by atoms with Crippen molar-refractivity contribution >= 4 is 17.3 Å². The number of hydrogen-bond acceptors (Lipinski definition) is 5. The van der Waals surface area contributed by atoms with Gasteiger partial charge in [-0.3, -0.25) is 4.40 Å². The Morgan fingerprint density at radius 1 is 1.09 bits per heavy atom. The molecule has 112 valence electrons. The number of anilines is 2. The summed E-state index contributed by atoms with van der Waals surface area (Å²) in [7, 11) is 0. The second-order valence-electron chi connectivity index (χ2n) is 5.71. The first kappa shape index (κ1) is 13.1. The van der Waals surface area contributed by atoms with Crippen molar-refractivity contribution in [1.29, 1.82) is 0 Å². The first-order valence-corrected chi connectivity index (χ1v) is 7.53. The van der Waals surface area contributed by atoms with Gasteiger partial charge in [-0.05, 0) is 31.4 Å². The van der Waals surface area contributed by atoms with Gasteiger partial charge in [-0.15, -0.1) is 0 Å². The Kier molecular flexibility index (Phi) is 2.96. The summed E-state index contributed by atoms with van der Waals surface area (Å²) in [6.45, 7) is 4.14. The highest BCUT2D eigenvalue weighted by molar-refractivity contribution is 5.73. The van der Waals surface area contributed by atoms with Crippen molar-refractivity contribution in [1.82, 2.24) is 19.4 Å². The maximum Gasteiger partial charge on any atom is 0.180 e. The van der Waals surface area contributed by atoms with Gasteiger partial charge in [0, 0.05) is 37.2 Å². The Balaban J connectivity index is 1.88. The van der Waals surface area contributed by atoms with Crippen LogP contribution in [0.5, 0.6) is 0 Å². The summed E-state index contributed by atoms with van der Waals surface area (Å²) in [5.41, 5.74) is 9.80. The molecule has 4 heterocycles. The van der Waals surface area contributed by atoms with Crippen LogP contribution in [-0.4, -0.2) is 32.4 Å². The lowest BCUT2D eigenvalue weighted by Crippen LogP contribution is -2.20. The second-order valence-corrected chi connectivity index (χ2v) is 5.71. The van der Waals surface area contributed by atoms with Crippen molar-refractivity contribution in [3.05, 3.63) is 36.4 Å². The number of nitrogens with two attached hydrogens (primary N) is 1. The zero-order valence-electron chi connectivity index (χ0n) is 12.5. The van der Waals surface area contributed by atoms with Crippen LogP contribution in [-0.2, 0) is 0 Å². The van der Waals surface area contributed by atoms with Gasteiger partial charge < -0.3 is 10.6 Å². The second kappa shape index (κ2) is 4.98. The lowest BCUT2D eigenvalue weighted by atomic mass is 10.1. The summed E-state index contributed by atoms with van der Waals surface area (Å²) in [5, 5.41) is 0. The summed E-state index contributed by atoms with van der Waals surface area (Å²) in [4.78, 5) is 15.7. The smallest absolute Gasteiger partial charge is 0.180 e. The van der Waals surface area contributed by atoms with Gasteiger partial charge in [-0.2, -0.15) is 0 Å². The monoisotopic (exact) mass is 294 g/mol. The summed E-state index contributed by atoms with van der Waals surface area (Å²) < 4.78 is 2.08. The molecule has 0 aliphatic carbocycles. The molecule has 0 saturated carbocycles. The molecule has 0 aromatic carbocycles. The number of aromatic nitrogens is 4. The summed E-state index contributed by atoms with van der Waals surface area (Å²) in [5.74, 6) is 1.50. The number of nitrogens with zero attached hydrogens (tertiary/aromatic N) is 5. The molecule has 1 saturated heterocycles. The molecule has 4 rings (SSSR count). The van der Waals surface area contributed by atoms with E-state index in [0.29, 0.717) is 5.82 Å². The van der Waals surface area contributed by atoms with E-state index in [1.54, 1.807) is 0 Å². The number of imidazole rings is 1. The van der Waals surface area contributed by atoms with E-state index in [9.17, 15) is 0 Å². The number of nitrogen functional groups attached to an aromatic ring is 1. The van der Waals surface area contributed by atoms with Gasteiger partial charge in [-0.25, -0.2) is 15.0 Å². The highest BCUT2D eigenvalue weighted by atomic mass is 15.2. The molecular formula is C16H18N6. The maximum atomic E-state index is 5.75. The van der Waals surface area contributed by atoms with Crippen LogP contribution in [0.4, 0.5) is 11.6 Å². The quantitative estimate of drug-likeness (QED) is 0.785. The predicted octanol–water partition coefficient (Wildman–Crippen LogP) is 2.28. The predicted molar refractivity (Wildman–Crippen MR) is 86.8 cm³/mol. The summed E-state index contributed by atoms with van der Waals surface area (Å²) >= 11 is 0. The van der Waals surface area contributed by atoms with Crippen LogP contribution in [0.2, 0.25) is 0 Å². The van der Waals surface area contributed by atoms with Crippen LogP contribution in [0, 0.1) is 6.92 Å². The summed E-state index contributed by atoms with van der Waals surface area (Å²) in [6, 6.07) is 1.89. The van der Waals surface area contributed by atoms with Crippen LogP contribution >= 0.6 is 0 Å². The van der Waals surface area contributed by atoms with Gasteiger partial charge in [0.1, 0.15) is 5.82 Å². The lowest BCUT2D eigenvalue weighted by Gasteiger charge is -2.16. The Labute approximate surface area is 128 Å². The minimum Gasteiger partial charge on any atom is -0.384 e. The van der Waals surface area contributed by atoms with Crippen molar-refractivity contribution in [2.75, 3.05) is 23.7 Å². The Morgan fingerprint density at radius 2 is 1.91 bits per heavy atom. The number of fused-ring (bicyclic) bond motifs is 1. The fourth-order valence-electron chi connectivity index (χ4n) is 3.10. The molecular weight excluding hydrogens is 276 g/mol. The molecule has 0 amide bonds. The minimum absolute atomic E-state index is 0.537. The Bertz CT molecular complexity index is 832. The molecule has 22 heavy (non-hydrogen) atoms. The topological polar surface area (TPSA) is 72.3 Å². The molecule has 3 aromatic heterocycles. The van der Waals surface area contributed by atoms with E-state index in [1.807, 2.05) is 37.8 Å². The van der Waals surface area contributed by atoms with E-state index in [4.69, 9.17) is 5.73 Å². The molecule has 6 heteroatoms. The van der Waals surface area contributed by atoms with Gasteiger partial charge in [0.05, 0.1) is 11.9 Å². The number of aryl methyl sites for hydroxylation is 1. The fraction of sp³-hybridized carbons (Fsp3) is 0.312. The van der Waals surface area contributed by atoms with E-state index in [-0.39, 0.29) is 0 Å². The summed E-state index contributed by atoms with van der Waals surface area (Å²) in [6.07, 6.45) is 9.92. The molecule has 1 aliphatic heterocycles. The third-order valence-electron chi connectivity index (χ3n) is 4.22. The molecule has 0 spiro atoms. The molecule has 0 atom stereocenters. The highest BCUT2D eigenvalue weighted by Gasteiger charge is 2.19. The normalized spacial score (nSPS) is 14.9. The van der Waals surface area contributed by atoms with E-state index in [2.05, 4.69) is 24.3 Å². The van der Waals surface area contributed by atoms with Gasteiger partial charge in [0.25, 0.3) is 0 Å². The lowest BCUT2D eigenvalue weighted by molar-refractivity contribution is 0.928. The maximum absolute atomic E-state index is 5.75. The largest absolute Gasteiger partial charge is 0.384 e. The third-order valence-corrected chi connectivity index (χ3v) is 4.22. The van der Waals surface area contributed by atoms with Gasteiger partial charge in [-0.1, -0.05) is 0 Å². The SMILES string of the molecule is Cc1cc(N)ncc1-c1cnc2c(N3CCCC3)nccn12. The molecule has 1 fully saturated rings.